The van der Waals surface area contributed by atoms with E-state index in [9.17, 15) is 5.11 Å². The van der Waals surface area contributed by atoms with Gasteiger partial charge in [0.2, 0.25) is 0 Å². The van der Waals surface area contributed by atoms with Crippen molar-refractivity contribution in [1.82, 2.24) is 0 Å². The van der Waals surface area contributed by atoms with Crippen molar-refractivity contribution in [2.24, 2.45) is 0 Å². The summed E-state index contributed by atoms with van der Waals surface area (Å²) in [6.07, 6.45) is 0.680. The predicted molar refractivity (Wildman–Crippen MR) is 68.9 cm³/mol. The number of hydrogen-bond donors (Lipinski definition) is 1. The summed E-state index contributed by atoms with van der Waals surface area (Å²) >= 11 is 1.77. The molecule has 0 amide bonds. The first kappa shape index (κ1) is 13.6. The van der Waals surface area contributed by atoms with Gasteiger partial charge in [-0.15, -0.1) is 11.8 Å². The molecule has 16 heavy (non-hydrogen) atoms. The zero-order valence-electron chi connectivity index (χ0n) is 9.98. The van der Waals surface area contributed by atoms with Gasteiger partial charge in [-0.2, -0.15) is 0 Å². The molecule has 0 heterocycles. The van der Waals surface area contributed by atoms with E-state index in [-0.39, 0.29) is 0 Å². The van der Waals surface area contributed by atoms with Crippen LogP contribution in [0.3, 0.4) is 0 Å². The number of aliphatic hydroxyl groups is 1. The highest BCUT2D eigenvalue weighted by atomic mass is 32.2. The molecule has 1 aromatic rings. The number of thioether (sulfide) groups is 1. The van der Waals surface area contributed by atoms with Gasteiger partial charge in [0.1, 0.15) is 0 Å². The lowest BCUT2D eigenvalue weighted by Gasteiger charge is -2.07. The Balaban J connectivity index is 2.33. The lowest BCUT2D eigenvalue weighted by atomic mass is 10.1. The summed E-state index contributed by atoms with van der Waals surface area (Å²) in [7, 11) is 0. The zero-order chi connectivity index (χ0) is 11.8. The standard InChI is InChI=1S/C13H20O2S/c1-3-7-15-8-9-16-13-6-4-5-12(10-13)11(2)14/h4-6,10-11,14H,3,7-9H2,1-2H3. The van der Waals surface area contributed by atoms with Crippen molar-refractivity contribution in [3.63, 3.8) is 0 Å². The summed E-state index contributed by atoms with van der Waals surface area (Å²) in [6.45, 7) is 5.53. The Morgan fingerprint density at radius 1 is 1.38 bits per heavy atom. The van der Waals surface area contributed by atoms with Crippen molar-refractivity contribution in [3.8, 4) is 0 Å². The fourth-order valence-electron chi connectivity index (χ4n) is 1.33. The number of aliphatic hydroxyl groups excluding tert-OH is 1. The maximum absolute atomic E-state index is 9.46. The predicted octanol–water partition coefficient (Wildman–Crippen LogP) is 3.26. The lowest BCUT2D eigenvalue weighted by molar-refractivity contribution is 0.151. The first-order valence-electron chi connectivity index (χ1n) is 5.72. The van der Waals surface area contributed by atoms with Gasteiger partial charge < -0.3 is 9.84 Å². The molecular weight excluding hydrogens is 220 g/mol. The van der Waals surface area contributed by atoms with Gasteiger partial charge in [-0.25, -0.2) is 0 Å². The quantitative estimate of drug-likeness (QED) is 0.586. The van der Waals surface area contributed by atoms with Crippen LogP contribution >= 0.6 is 11.8 Å². The summed E-state index contributed by atoms with van der Waals surface area (Å²) in [4.78, 5) is 1.19. The zero-order valence-corrected chi connectivity index (χ0v) is 10.8. The molecule has 1 rings (SSSR count). The number of ether oxygens (including phenoxy) is 1. The fraction of sp³-hybridized carbons (Fsp3) is 0.538. The van der Waals surface area contributed by atoms with Gasteiger partial charge in [-0.05, 0) is 31.0 Å². The number of benzene rings is 1. The second kappa shape index (κ2) is 7.71. The van der Waals surface area contributed by atoms with Crippen LogP contribution in [0.15, 0.2) is 29.2 Å². The molecule has 0 spiro atoms. The van der Waals surface area contributed by atoms with Crippen LogP contribution in [0.25, 0.3) is 0 Å². The van der Waals surface area contributed by atoms with Crippen molar-refractivity contribution < 1.29 is 9.84 Å². The summed E-state index contributed by atoms with van der Waals surface area (Å²) < 4.78 is 5.41. The maximum Gasteiger partial charge on any atom is 0.0762 e. The minimum absolute atomic E-state index is 0.392. The molecule has 1 aromatic carbocycles. The molecule has 2 nitrogen and oxygen atoms in total. The average molecular weight is 240 g/mol. The Hall–Kier alpha value is -0.510. The highest BCUT2D eigenvalue weighted by molar-refractivity contribution is 7.99. The number of rotatable bonds is 7. The third-order valence-corrected chi connectivity index (χ3v) is 3.14. The second-order valence-corrected chi connectivity index (χ2v) is 4.88. The van der Waals surface area contributed by atoms with Crippen molar-refractivity contribution in [1.29, 1.82) is 0 Å². The molecule has 0 aliphatic carbocycles. The smallest absolute Gasteiger partial charge is 0.0762 e. The molecule has 0 aliphatic rings. The Bertz CT molecular complexity index is 300. The SMILES string of the molecule is CCCOCCSc1cccc(C(C)O)c1. The molecule has 0 saturated heterocycles. The first-order valence-corrected chi connectivity index (χ1v) is 6.71. The van der Waals surface area contributed by atoms with E-state index < -0.39 is 6.10 Å². The third-order valence-electron chi connectivity index (χ3n) is 2.19. The van der Waals surface area contributed by atoms with Crippen molar-refractivity contribution >= 4 is 11.8 Å². The van der Waals surface area contributed by atoms with Crippen LogP contribution in [0.1, 0.15) is 31.9 Å². The van der Waals surface area contributed by atoms with Crippen molar-refractivity contribution in [2.45, 2.75) is 31.3 Å². The molecule has 0 saturated carbocycles. The molecule has 90 valence electrons. The first-order chi connectivity index (χ1) is 7.74. The Morgan fingerprint density at radius 2 is 2.19 bits per heavy atom. The highest BCUT2D eigenvalue weighted by Gasteiger charge is 2.01. The van der Waals surface area contributed by atoms with Crippen LogP contribution in [-0.2, 0) is 4.74 Å². The molecule has 0 radical (unpaired) electrons. The van der Waals surface area contributed by atoms with Crippen LogP contribution < -0.4 is 0 Å². The molecular formula is C13H20O2S. The van der Waals surface area contributed by atoms with E-state index in [1.807, 2.05) is 18.2 Å². The topological polar surface area (TPSA) is 29.5 Å². The molecule has 0 fully saturated rings. The van der Waals surface area contributed by atoms with Gasteiger partial charge in [0.15, 0.2) is 0 Å². The van der Waals surface area contributed by atoms with E-state index in [1.165, 1.54) is 4.90 Å². The molecule has 1 atom stereocenters. The van der Waals surface area contributed by atoms with Gasteiger partial charge in [0, 0.05) is 17.3 Å². The van der Waals surface area contributed by atoms with Crippen LogP contribution in [-0.4, -0.2) is 24.1 Å². The van der Waals surface area contributed by atoms with E-state index in [0.717, 1.165) is 31.0 Å². The van der Waals surface area contributed by atoms with E-state index in [4.69, 9.17) is 4.74 Å². The largest absolute Gasteiger partial charge is 0.389 e. The van der Waals surface area contributed by atoms with Gasteiger partial charge in [-0.1, -0.05) is 19.1 Å². The van der Waals surface area contributed by atoms with E-state index in [1.54, 1.807) is 18.7 Å². The van der Waals surface area contributed by atoms with E-state index in [2.05, 4.69) is 13.0 Å². The highest BCUT2D eigenvalue weighted by Crippen LogP contribution is 2.22. The molecule has 3 heteroatoms. The molecule has 1 N–H and O–H groups in total. The summed E-state index contributed by atoms with van der Waals surface area (Å²) in [5.74, 6) is 0.962. The minimum Gasteiger partial charge on any atom is -0.389 e. The molecule has 1 unspecified atom stereocenters. The summed E-state index contributed by atoms with van der Waals surface area (Å²) in [5, 5.41) is 9.46. The van der Waals surface area contributed by atoms with Gasteiger partial charge in [0.05, 0.1) is 12.7 Å². The van der Waals surface area contributed by atoms with E-state index in [0.29, 0.717) is 0 Å². The van der Waals surface area contributed by atoms with Gasteiger partial charge in [-0.3, -0.25) is 0 Å². The minimum atomic E-state index is -0.392. The fourth-order valence-corrected chi connectivity index (χ4v) is 2.16. The summed E-state index contributed by atoms with van der Waals surface area (Å²) in [5.41, 5.74) is 0.972. The average Bonchev–Trinajstić information content (AvgIpc) is 2.29. The van der Waals surface area contributed by atoms with Crippen molar-refractivity contribution in [3.05, 3.63) is 29.8 Å². The molecule has 0 bridgehead atoms. The molecule has 0 aromatic heterocycles. The van der Waals surface area contributed by atoms with Gasteiger partial charge in [0.25, 0.3) is 0 Å². The lowest BCUT2D eigenvalue weighted by Crippen LogP contribution is -1.98. The second-order valence-electron chi connectivity index (χ2n) is 3.71. The Kier molecular flexibility index (Phi) is 6.53. The van der Waals surface area contributed by atoms with Crippen molar-refractivity contribution in [2.75, 3.05) is 19.0 Å². The summed E-state index contributed by atoms with van der Waals surface area (Å²) in [6, 6.07) is 8.03. The third kappa shape index (κ3) is 5.01. The monoisotopic (exact) mass is 240 g/mol. The van der Waals surface area contributed by atoms with Crippen LogP contribution in [0.2, 0.25) is 0 Å². The Labute approximate surface area is 102 Å². The van der Waals surface area contributed by atoms with E-state index >= 15 is 0 Å². The van der Waals surface area contributed by atoms with Crippen LogP contribution in [0.4, 0.5) is 0 Å². The molecule has 0 aliphatic heterocycles. The van der Waals surface area contributed by atoms with Crippen LogP contribution in [0, 0.1) is 0 Å². The number of hydrogen-bond acceptors (Lipinski definition) is 3. The normalized spacial score (nSPS) is 12.7. The maximum atomic E-state index is 9.46. The van der Waals surface area contributed by atoms with Gasteiger partial charge >= 0.3 is 0 Å². The Morgan fingerprint density at radius 3 is 2.88 bits per heavy atom. The van der Waals surface area contributed by atoms with Crippen LogP contribution in [0.5, 0.6) is 0 Å².